The average Bonchev–Trinajstić information content (AvgIpc) is 3.06. The van der Waals surface area contributed by atoms with E-state index in [2.05, 4.69) is 0 Å². The molecule has 2 bridgehead atoms. The fourth-order valence-electron chi connectivity index (χ4n) is 4.27. The molecule has 1 saturated carbocycles. The lowest BCUT2D eigenvalue weighted by Gasteiger charge is -2.37. The van der Waals surface area contributed by atoms with Gasteiger partial charge in [-0.05, 0) is 32.1 Å². The number of benzene rings is 1. The molecule has 0 heterocycles. The summed E-state index contributed by atoms with van der Waals surface area (Å²) in [7, 11) is 0. The first kappa shape index (κ1) is 13.9. The Labute approximate surface area is 124 Å². The second-order valence-electron chi connectivity index (χ2n) is 6.08. The van der Waals surface area contributed by atoms with Crippen molar-refractivity contribution in [1.29, 1.82) is 0 Å². The average molecular weight is 282 g/mol. The smallest absolute Gasteiger partial charge is 0.168 e. The topological polar surface area (TPSA) is 51.2 Å². The summed E-state index contributed by atoms with van der Waals surface area (Å²) in [4.78, 5) is 37.6. The third kappa shape index (κ3) is 1.76. The SMILES string of the molecule is CC(=O)C1(C(C)=O)[C@H](C(=O)c2ccccc2)[C@@H]2C=C[C@H]1C2. The molecule has 0 radical (unpaired) electrons. The van der Waals surface area contributed by atoms with Crippen LogP contribution in [0.1, 0.15) is 30.6 Å². The maximum Gasteiger partial charge on any atom is 0.168 e. The molecule has 1 aromatic rings. The maximum atomic E-state index is 12.9. The summed E-state index contributed by atoms with van der Waals surface area (Å²) in [5.74, 6) is -1.13. The Morgan fingerprint density at radius 1 is 1.00 bits per heavy atom. The van der Waals surface area contributed by atoms with Gasteiger partial charge in [-0.3, -0.25) is 14.4 Å². The van der Waals surface area contributed by atoms with Gasteiger partial charge in [0, 0.05) is 11.5 Å². The molecule has 2 aliphatic carbocycles. The van der Waals surface area contributed by atoms with Crippen molar-refractivity contribution in [1.82, 2.24) is 0 Å². The molecule has 3 heteroatoms. The summed E-state index contributed by atoms with van der Waals surface area (Å²) >= 11 is 0. The van der Waals surface area contributed by atoms with Crippen molar-refractivity contribution in [3.05, 3.63) is 48.0 Å². The van der Waals surface area contributed by atoms with Gasteiger partial charge in [0.25, 0.3) is 0 Å². The van der Waals surface area contributed by atoms with Gasteiger partial charge in [-0.1, -0.05) is 42.5 Å². The van der Waals surface area contributed by atoms with Crippen molar-refractivity contribution < 1.29 is 14.4 Å². The van der Waals surface area contributed by atoms with E-state index in [1.165, 1.54) is 13.8 Å². The van der Waals surface area contributed by atoms with Crippen LogP contribution in [0, 0.1) is 23.2 Å². The Balaban J connectivity index is 2.12. The van der Waals surface area contributed by atoms with Crippen molar-refractivity contribution in [3.63, 3.8) is 0 Å². The minimum atomic E-state index is -1.16. The number of ketones is 3. The van der Waals surface area contributed by atoms with Crippen LogP contribution < -0.4 is 0 Å². The van der Waals surface area contributed by atoms with Crippen molar-refractivity contribution in [2.45, 2.75) is 20.3 Å². The largest absolute Gasteiger partial charge is 0.299 e. The van der Waals surface area contributed by atoms with Gasteiger partial charge in [-0.2, -0.15) is 0 Å². The lowest BCUT2D eigenvalue weighted by molar-refractivity contribution is -0.142. The van der Waals surface area contributed by atoms with E-state index in [1.807, 2.05) is 18.2 Å². The van der Waals surface area contributed by atoms with Crippen molar-refractivity contribution in [2.24, 2.45) is 23.2 Å². The normalized spacial score (nSPS) is 28.6. The first-order valence-corrected chi connectivity index (χ1v) is 7.29. The fraction of sp³-hybridized carbons (Fsp3) is 0.389. The zero-order chi connectivity index (χ0) is 15.2. The van der Waals surface area contributed by atoms with E-state index in [0.717, 1.165) is 6.42 Å². The standard InChI is InChI=1S/C18H18O3/c1-11(19)18(12(2)20)15-9-8-14(10-15)16(18)17(21)13-6-4-3-5-7-13/h3-9,14-16H,10H2,1-2H3/t14-,15+,16+/m1/s1. The van der Waals surface area contributed by atoms with Gasteiger partial charge in [0.15, 0.2) is 5.78 Å². The fourth-order valence-corrected chi connectivity index (χ4v) is 4.27. The number of hydrogen-bond acceptors (Lipinski definition) is 3. The van der Waals surface area contributed by atoms with Crippen LogP contribution >= 0.6 is 0 Å². The van der Waals surface area contributed by atoms with E-state index in [0.29, 0.717) is 5.56 Å². The van der Waals surface area contributed by atoms with Crippen LogP contribution in [-0.2, 0) is 9.59 Å². The number of rotatable bonds is 4. The molecule has 0 N–H and O–H groups in total. The molecule has 1 fully saturated rings. The van der Waals surface area contributed by atoms with E-state index in [-0.39, 0.29) is 29.2 Å². The molecule has 0 saturated heterocycles. The first-order chi connectivity index (χ1) is 9.99. The lowest BCUT2D eigenvalue weighted by atomic mass is 9.61. The Morgan fingerprint density at radius 2 is 1.62 bits per heavy atom. The Kier molecular flexibility index (Phi) is 3.16. The Hall–Kier alpha value is -2.03. The van der Waals surface area contributed by atoms with E-state index >= 15 is 0 Å². The van der Waals surface area contributed by atoms with Crippen LogP contribution in [0.15, 0.2) is 42.5 Å². The second kappa shape index (κ2) is 4.76. The van der Waals surface area contributed by atoms with E-state index in [4.69, 9.17) is 0 Å². The molecular weight excluding hydrogens is 264 g/mol. The van der Waals surface area contributed by atoms with E-state index in [1.54, 1.807) is 24.3 Å². The van der Waals surface area contributed by atoms with Crippen LogP contribution in [0.25, 0.3) is 0 Å². The molecule has 0 unspecified atom stereocenters. The van der Waals surface area contributed by atoms with E-state index in [9.17, 15) is 14.4 Å². The highest BCUT2D eigenvalue weighted by Gasteiger charge is 2.63. The Bertz CT molecular complexity index is 628. The number of Topliss-reactive ketones (excluding diaryl/α,β-unsaturated/α-hetero) is 3. The summed E-state index contributed by atoms with van der Waals surface area (Å²) in [6.45, 7) is 2.89. The van der Waals surface area contributed by atoms with Crippen LogP contribution in [0.3, 0.4) is 0 Å². The van der Waals surface area contributed by atoms with Gasteiger partial charge < -0.3 is 0 Å². The summed E-state index contributed by atoms with van der Waals surface area (Å²) in [6, 6.07) is 8.96. The quantitative estimate of drug-likeness (QED) is 0.485. The molecule has 108 valence electrons. The molecular formula is C18H18O3. The number of fused-ring (bicyclic) bond motifs is 2. The summed E-state index contributed by atoms with van der Waals surface area (Å²) < 4.78 is 0. The van der Waals surface area contributed by atoms with Crippen LogP contribution in [-0.4, -0.2) is 17.3 Å². The molecule has 0 spiro atoms. The number of allylic oxidation sites excluding steroid dienone is 2. The summed E-state index contributed by atoms with van der Waals surface area (Å²) in [6.07, 6.45) is 4.67. The molecule has 0 aromatic heterocycles. The van der Waals surface area contributed by atoms with Gasteiger partial charge in [0.1, 0.15) is 17.0 Å². The third-order valence-corrected chi connectivity index (χ3v) is 5.13. The highest BCUT2D eigenvalue weighted by atomic mass is 16.2. The minimum Gasteiger partial charge on any atom is -0.299 e. The molecule has 0 amide bonds. The summed E-state index contributed by atoms with van der Waals surface area (Å²) in [5.41, 5.74) is -0.581. The number of carbonyl (C=O) groups excluding carboxylic acids is 3. The molecule has 21 heavy (non-hydrogen) atoms. The number of hydrogen-bond donors (Lipinski definition) is 0. The van der Waals surface area contributed by atoms with Crippen LogP contribution in [0.4, 0.5) is 0 Å². The molecule has 1 aromatic carbocycles. The maximum absolute atomic E-state index is 12.9. The van der Waals surface area contributed by atoms with Crippen LogP contribution in [0.5, 0.6) is 0 Å². The molecule has 3 nitrogen and oxygen atoms in total. The molecule has 0 aliphatic heterocycles. The minimum absolute atomic E-state index is 0.00416. The van der Waals surface area contributed by atoms with Gasteiger partial charge in [0.05, 0.1) is 0 Å². The predicted molar refractivity (Wildman–Crippen MR) is 78.8 cm³/mol. The first-order valence-electron chi connectivity index (χ1n) is 7.29. The van der Waals surface area contributed by atoms with E-state index < -0.39 is 11.3 Å². The van der Waals surface area contributed by atoms with Gasteiger partial charge in [-0.25, -0.2) is 0 Å². The van der Waals surface area contributed by atoms with Gasteiger partial charge >= 0.3 is 0 Å². The highest BCUT2D eigenvalue weighted by molar-refractivity contribution is 6.13. The van der Waals surface area contributed by atoms with Crippen molar-refractivity contribution in [3.8, 4) is 0 Å². The summed E-state index contributed by atoms with van der Waals surface area (Å²) in [5, 5.41) is 0. The molecule has 3 rings (SSSR count). The molecule has 2 aliphatic rings. The highest BCUT2D eigenvalue weighted by Crippen LogP contribution is 2.58. The van der Waals surface area contributed by atoms with Crippen molar-refractivity contribution in [2.75, 3.05) is 0 Å². The van der Waals surface area contributed by atoms with Gasteiger partial charge in [-0.15, -0.1) is 0 Å². The second-order valence-corrected chi connectivity index (χ2v) is 6.08. The number of carbonyl (C=O) groups is 3. The third-order valence-electron chi connectivity index (χ3n) is 5.13. The molecule has 3 atom stereocenters. The van der Waals surface area contributed by atoms with Gasteiger partial charge in [0.2, 0.25) is 0 Å². The monoisotopic (exact) mass is 282 g/mol. The zero-order valence-corrected chi connectivity index (χ0v) is 12.2. The lowest BCUT2D eigenvalue weighted by Crippen LogP contribution is -2.49. The Morgan fingerprint density at radius 3 is 2.19 bits per heavy atom. The van der Waals surface area contributed by atoms with Crippen molar-refractivity contribution >= 4 is 17.3 Å². The predicted octanol–water partition coefficient (Wildman–Crippen LogP) is 2.86. The van der Waals surface area contributed by atoms with Crippen LogP contribution in [0.2, 0.25) is 0 Å². The zero-order valence-electron chi connectivity index (χ0n) is 12.2.